The van der Waals surface area contributed by atoms with Gasteiger partial charge in [-0.1, -0.05) is 12.1 Å². The normalized spacial score (nSPS) is 10.3. The van der Waals surface area contributed by atoms with E-state index in [-0.39, 0.29) is 0 Å². The first kappa shape index (κ1) is 13.1. The summed E-state index contributed by atoms with van der Waals surface area (Å²) in [6.07, 6.45) is 2.73. The molecule has 1 N–H and O–H groups in total. The molecule has 5 nitrogen and oxygen atoms in total. The summed E-state index contributed by atoms with van der Waals surface area (Å²) in [5, 5.41) is 3.28. The van der Waals surface area contributed by atoms with Gasteiger partial charge >= 0.3 is 6.09 Å². The third kappa shape index (κ3) is 2.76. The van der Waals surface area contributed by atoms with Crippen LogP contribution in [0.3, 0.4) is 0 Å². The molecule has 5 heteroatoms. The molecular formula is C14H17N3O2. The number of hydrogen-bond donors (Lipinski definition) is 1. The lowest BCUT2D eigenvalue weighted by Gasteiger charge is -2.11. The van der Waals surface area contributed by atoms with Crippen LogP contribution in [0.2, 0.25) is 0 Å². The Morgan fingerprint density at radius 3 is 2.95 bits per heavy atom. The monoisotopic (exact) mass is 259 g/mol. The molecule has 0 aliphatic rings. The zero-order chi connectivity index (χ0) is 13.8. The molecule has 2 rings (SSSR count). The Kier molecular flexibility index (Phi) is 3.85. The van der Waals surface area contributed by atoms with Crippen molar-refractivity contribution >= 4 is 11.8 Å². The highest BCUT2D eigenvalue weighted by atomic mass is 16.5. The molecule has 0 unspecified atom stereocenters. The summed E-state index contributed by atoms with van der Waals surface area (Å²) in [4.78, 5) is 15.7. The number of nitrogens with zero attached hydrogens (tertiary/aromatic N) is 2. The zero-order valence-electron chi connectivity index (χ0n) is 11.3. The highest BCUT2D eigenvalue weighted by Crippen LogP contribution is 2.18. The second kappa shape index (κ2) is 5.56. The van der Waals surface area contributed by atoms with Crippen molar-refractivity contribution in [3.63, 3.8) is 0 Å². The zero-order valence-corrected chi connectivity index (χ0v) is 11.3. The summed E-state index contributed by atoms with van der Waals surface area (Å²) in [6, 6.07) is 6.07. The Balaban J connectivity index is 2.13. The van der Waals surface area contributed by atoms with Crippen molar-refractivity contribution in [1.29, 1.82) is 0 Å². The van der Waals surface area contributed by atoms with E-state index in [4.69, 9.17) is 0 Å². The van der Waals surface area contributed by atoms with Gasteiger partial charge < -0.3 is 10.1 Å². The van der Waals surface area contributed by atoms with E-state index >= 15 is 0 Å². The van der Waals surface area contributed by atoms with Crippen molar-refractivity contribution in [1.82, 2.24) is 9.55 Å². The van der Waals surface area contributed by atoms with Crippen molar-refractivity contribution in [2.75, 3.05) is 12.4 Å². The Bertz CT molecular complexity index is 590. The first-order valence-electron chi connectivity index (χ1n) is 6.04. The average molecular weight is 259 g/mol. The van der Waals surface area contributed by atoms with Crippen LogP contribution < -0.4 is 5.32 Å². The highest BCUT2D eigenvalue weighted by molar-refractivity contribution is 5.71. The van der Waals surface area contributed by atoms with Gasteiger partial charge in [0.2, 0.25) is 0 Å². The van der Waals surface area contributed by atoms with Crippen molar-refractivity contribution < 1.29 is 9.53 Å². The van der Waals surface area contributed by atoms with Crippen LogP contribution in [0, 0.1) is 13.8 Å². The molecule has 1 aromatic carbocycles. The SMILES string of the molecule is COC(=O)n1ccnc1CNc1cccc(C)c1C. The van der Waals surface area contributed by atoms with Gasteiger partial charge in [0, 0.05) is 18.1 Å². The number of methoxy groups -OCH3 is 1. The molecule has 1 aromatic heterocycles. The van der Waals surface area contributed by atoms with Crippen LogP contribution in [-0.2, 0) is 11.3 Å². The van der Waals surface area contributed by atoms with Crippen molar-refractivity contribution in [2.24, 2.45) is 0 Å². The summed E-state index contributed by atoms with van der Waals surface area (Å²) < 4.78 is 6.07. The molecule has 0 radical (unpaired) electrons. The van der Waals surface area contributed by atoms with Crippen LogP contribution >= 0.6 is 0 Å². The molecule has 0 bridgehead atoms. The number of aryl methyl sites for hydroxylation is 1. The Labute approximate surface area is 112 Å². The number of anilines is 1. The van der Waals surface area contributed by atoms with E-state index in [1.807, 2.05) is 12.1 Å². The van der Waals surface area contributed by atoms with Gasteiger partial charge in [-0.25, -0.2) is 14.3 Å². The molecule has 0 saturated heterocycles. The van der Waals surface area contributed by atoms with Gasteiger partial charge in [0.25, 0.3) is 0 Å². The number of carbonyl (C=O) groups excluding carboxylic acids is 1. The molecule has 0 amide bonds. The minimum atomic E-state index is -0.435. The van der Waals surface area contributed by atoms with Crippen molar-refractivity contribution in [3.8, 4) is 0 Å². The number of hydrogen-bond acceptors (Lipinski definition) is 4. The van der Waals surface area contributed by atoms with Crippen LogP contribution in [0.25, 0.3) is 0 Å². The Morgan fingerprint density at radius 2 is 2.21 bits per heavy atom. The summed E-state index contributed by atoms with van der Waals surface area (Å²) >= 11 is 0. The van der Waals surface area contributed by atoms with E-state index in [0.29, 0.717) is 12.4 Å². The van der Waals surface area contributed by atoms with E-state index in [1.54, 1.807) is 12.4 Å². The van der Waals surface area contributed by atoms with E-state index in [9.17, 15) is 4.79 Å². The van der Waals surface area contributed by atoms with E-state index in [2.05, 4.69) is 35.0 Å². The average Bonchev–Trinajstić information content (AvgIpc) is 2.88. The number of nitrogens with one attached hydrogen (secondary N) is 1. The van der Waals surface area contributed by atoms with Gasteiger partial charge in [-0.15, -0.1) is 0 Å². The molecule has 0 aliphatic carbocycles. The fraction of sp³-hybridized carbons (Fsp3) is 0.286. The number of benzene rings is 1. The smallest absolute Gasteiger partial charge is 0.419 e. The third-order valence-electron chi connectivity index (χ3n) is 3.13. The molecule has 0 aliphatic heterocycles. The number of aromatic nitrogens is 2. The maximum absolute atomic E-state index is 11.5. The van der Waals surface area contributed by atoms with Gasteiger partial charge in [0.05, 0.1) is 13.7 Å². The van der Waals surface area contributed by atoms with Gasteiger partial charge in [0.15, 0.2) is 0 Å². The quantitative estimate of drug-likeness (QED) is 0.920. The molecule has 0 saturated carbocycles. The second-order valence-electron chi connectivity index (χ2n) is 4.28. The molecule has 0 atom stereocenters. The number of ether oxygens (including phenoxy) is 1. The maximum Gasteiger partial charge on any atom is 0.419 e. The summed E-state index contributed by atoms with van der Waals surface area (Å²) in [5.41, 5.74) is 3.46. The third-order valence-corrected chi connectivity index (χ3v) is 3.13. The van der Waals surface area contributed by atoms with Crippen molar-refractivity contribution in [3.05, 3.63) is 47.5 Å². The summed E-state index contributed by atoms with van der Waals surface area (Å²) in [7, 11) is 1.35. The van der Waals surface area contributed by atoms with E-state index in [0.717, 1.165) is 5.69 Å². The van der Waals surface area contributed by atoms with Gasteiger partial charge in [-0.3, -0.25) is 0 Å². The first-order valence-corrected chi connectivity index (χ1v) is 6.04. The predicted octanol–water partition coefficient (Wildman–Crippen LogP) is 2.73. The number of carbonyl (C=O) groups is 1. The molecule has 0 fully saturated rings. The van der Waals surface area contributed by atoms with E-state index in [1.165, 1.54) is 22.8 Å². The van der Waals surface area contributed by atoms with Crippen LogP contribution in [0.1, 0.15) is 17.0 Å². The van der Waals surface area contributed by atoms with Crippen LogP contribution in [0.15, 0.2) is 30.6 Å². The highest BCUT2D eigenvalue weighted by Gasteiger charge is 2.10. The molecule has 100 valence electrons. The fourth-order valence-corrected chi connectivity index (χ4v) is 1.85. The van der Waals surface area contributed by atoms with E-state index < -0.39 is 6.09 Å². The molecule has 0 spiro atoms. The first-order chi connectivity index (χ1) is 9.13. The largest absolute Gasteiger partial charge is 0.452 e. The molecule has 1 heterocycles. The molecule has 2 aromatic rings. The van der Waals surface area contributed by atoms with Gasteiger partial charge in [-0.05, 0) is 31.0 Å². The Hall–Kier alpha value is -2.30. The lowest BCUT2D eigenvalue weighted by atomic mass is 10.1. The van der Waals surface area contributed by atoms with Gasteiger partial charge in [0.1, 0.15) is 5.82 Å². The van der Waals surface area contributed by atoms with Crippen LogP contribution in [0.4, 0.5) is 10.5 Å². The lowest BCUT2D eigenvalue weighted by molar-refractivity contribution is 0.172. The maximum atomic E-state index is 11.5. The summed E-state index contributed by atoms with van der Waals surface area (Å²) in [6.45, 7) is 4.59. The van der Waals surface area contributed by atoms with Gasteiger partial charge in [-0.2, -0.15) is 0 Å². The minimum absolute atomic E-state index is 0.435. The Morgan fingerprint density at radius 1 is 1.42 bits per heavy atom. The van der Waals surface area contributed by atoms with Crippen LogP contribution in [0.5, 0.6) is 0 Å². The minimum Gasteiger partial charge on any atom is -0.452 e. The number of rotatable bonds is 3. The molecule has 19 heavy (non-hydrogen) atoms. The van der Waals surface area contributed by atoms with Crippen LogP contribution in [-0.4, -0.2) is 22.8 Å². The number of imidazole rings is 1. The standard InChI is InChI=1S/C14H17N3O2/c1-10-5-4-6-12(11(10)2)16-9-13-15-7-8-17(13)14(18)19-3/h4-8,16H,9H2,1-3H3. The second-order valence-corrected chi connectivity index (χ2v) is 4.28. The fourth-order valence-electron chi connectivity index (χ4n) is 1.85. The topological polar surface area (TPSA) is 56.2 Å². The summed E-state index contributed by atoms with van der Waals surface area (Å²) in [5.74, 6) is 0.618. The molecular weight excluding hydrogens is 242 g/mol. The predicted molar refractivity (Wildman–Crippen MR) is 73.3 cm³/mol. The lowest BCUT2D eigenvalue weighted by Crippen LogP contribution is -2.16. The van der Waals surface area contributed by atoms with Crippen molar-refractivity contribution in [2.45, 2.75) is 20.4 Å².